The molecule has 1 amide bonds. The van der Waals surface area contributed by atoms with E-state index < -0.39 is 11.4 Å². The van der Waals surface area contributed by atoms with Crippen LogP contribution in [-0.2, 0) is 17.7 Å². The number of ether oxygens (including phenoxy) is 1. The Kier molecular flexibility index (Phi) is 5.79. The summed E-state index contributed by atoms with van der Waals surface area (Å²) >= 11 is 0. The highest BCUT2D eigenvalue weighted by Gasteiger charge is 2.46. The second-order valence-corrected chi connectivity index (χ2v) is 10.5. The molecule has 0 bridgehead atoms. The number of hydrogen-bond acceptors (Lipinski definition) is 7. The fraction of sp³-hybridized carbons (Fsp3) is 0.357. The van der Waals surface area contributed by atoms with Gasteiger partial charge in [-0.1, -0.05) is 18.2 Å². The van der Waals surface area contributed by atoms with Gasteiger partial charge >= 0.3 is 0 Å². The first-order valence-corrected chi connectivity index (χ1v) is 12.7. The summed E-state index contributed by atoms with van der Waals surface area (Å²) in [5.41, 5.74) is 9.56. The number of carbonyl (C=O) groups excluding carboxylic acids is 1. The number of aryl methyl sites for hydroxylation is 1. The average molecular weight is 517 g/mol. The van der Waals surface area contributed by atoms with E-state index >= 15 is 0 Å². The maximum atomic E-state index is 14.2. The molecule has 2 aliphatic heterocycles. The lowest BCUT2D eigenvalue weighted by atomic mass is 9.80. The van der Waals surface area contributed by atoms with Crippen LogP contribution in [-0.4, -0.2) is 60.5 Å². The molecule has 2 aliphatic rings. The molecule has 1 fully saturated rings. The van der Waals surface area contributed by atoms with Crippen LogP contribution in [0, 0.1) is 12.7 Å². The quantitative estimate of drug-likeness (QED) is 0.423. The molecular formula is C28H29FN6O3. The maximum absolute atomic E-state index is 14.2. The van der Waals surface area contributed by atoms with E-state index in [1.807, 2.05) is 30.0 Å². The van der Waals surface area contributed by atoms with Crippen molar-refractivity contribution < 1.29 is 19.0 Å². The van der Waals surface area contributed by atoms with Crippen molar-refractivity contribution >= 4 is 22.8 Å². The van der Waals surface area contributed by atoms with Crippen molar-refractivity contribution in [2.45, 2.75) is 51.2 Å². The van der Waals surface area contributed by atoms with E-state index in [4.69, 9.17) is 15.6 Å². The number of rotatable bonds is 4. The number of anilines is 1. The molecule has 3 N–H and O–H groups in total. The number of hydrogen-bond donors (Lipinski definition) is 2. The van der Waals surface area contributed by atoms with Crippen LogP contribution in [0.1, 0.15) is 41.3 Å². The lowest BCUT2D eigenvalue weighted by Crippen LogP contribution is -2.61. The van der Waals surface area contributed by atoms with Crippen molar-refractivity contribution in [3.8, 4) is 17.0 Å². The van der Waals surface area contributed by atoms with E-state index in [0.717, 1.165) is 35.6 Å². The Balaban J connectivity index is 1.50. The van der Waals surface area contributed by atoms with E-state index in [0.29, 0.717) is 48.5 Å². The predicted octanol–water partition coefficient (Wildman–Crippen LogP) is 3.86. The van der Waals surface area contributed by atoms with Crippen LogP contribution in [0.2, 0.25) is 0 Å². The summed E-state index contributed by atoms with van der Waals surface area (Å²) in [6.07, 6.45) is 3.51. The summed E-state index contributed by atoms with van der Waals surface area (Å²) < 4.78 is 21.6. The Morgan fingerprint density at radius 2 is 2.00 bits per heavy atom. The number of nitrogen functional groups attached to an aromatic ring is 1. The summed E-state index contributed by atoms with van der Waals surface area (Å²) in [7, 11) is 0. The van der Waals surface area contributed by atoms with Crippen LogP contribution in [0.3, 0.4) is 0 Å². The van der Waals surface area contributed by atoms with Crippen molar-refractivity contribution in [2.75, 3.05) is 18.9 Å². The Bertz CT molecular complexity index is 1540. The molecule has 196 valence electrons. The van der Waals surface area contributed by atoms with Gasteiger partial charge in [0.2, 0.25) is 0 Å². The standard InChI is InChI=1S/C28H29FN6O3/c1-16-4-3-5-17-13-28(2,35(27(37)22(16)17)20-6-8-38-9-7-20)14-34-26-23(25(30)31-15-32-26)24(33-34)18-10-19(29)12-21(36)11-18/h3-5,10-12,15,20,36H,6-9,13-14H2,1-2H3,(H2,30,31,32). The molecule has 38 heavy (non-hydrogen) atoms. The normalized spacial score (nSPS) is 20.2. The first kappa shape index (κ1) is 24.3. The summed E-state index contributed by atoms with van der Waals surface area (Å²) in [6, 6.07) is 9.75. The molecule has 4 aromatic rings. The maximum Gasteiger partial charge on any atom is 0.255 e. The number of phenols is 1. The Morgan fingerprint density at radius 3 is 2.76 bits per heavy atom. The van der Waals surface area contributed by atoms with Crippen molar-refractivity contribution in [2.24, 2.45) is 0 Å². The van der Waals surface area contributed by atoms with Gasteiger partial charge in [-0.3, -0.25) is 4.79 Å². The van der Waals surface area contributed by atoms with Gasteiger partial charge in [-0.05, 0) is 56.4 Å². The van der Waals surface area contributed by atoms with Crippen LogP contribution in [0.15, 0.2) is 42.7 Å². The van der Waals surface area contributed by atoms with Crippen molar-refractivity contribution in [3.63, 3.8) is 0 Å². The van der Waals surface area contributed by atoms with Crippen molar-refractivity contribution in [3.05, 3.63) is 65.2 Å². The number of nitrogens with zero attached hydrogens (tertiary/aromatic N) is 5. The Labute approximate surface area is 219 Å². The topological polar surface area (TPSA) is 119 Å². The third-order valence-electron chi connectivity index (χ3n) is 7.71. The second kappa shape index (κ2) is 9.05. The molecule has 10 heteroatoms. The molecule has 1 atom stereocenters. The van der Waals surface area contributed by atoms with Crippen molar-refractivity contribution in [1.29, 1.82) is 0 Å². The summed E-state index contributed by atoms with van der Waals surface area (Å²) in [5.74, 6) is -0.604. The van der Waals surface area contributed by atoms with Crippen LogP contribution < -0.4 is 5.73 Å². The monoisotopic (exact) mass is 516 g/mol. The molecule has 0 radical (unpaired) electrons. The fourth-order valence-corrected chi connectivity index (χ4v) is 6.10. The smallest absolute Gasteiger partial charge is 0.255 e. The minimum absolute atomic E-state index is 0.0135. The number of aromatic hydroxyl groups is 1. The highest BCUT2D eigenvalue weighted by Crippen LogP contribution is 2.39. The lowest BCUT2D eigenvalue weighted by molar-refractivity contribution is -0.0148. The van der Waals surface area contributed by atoms with Gasteiger partial charge in [0.15, 0.2) is 5.65 Å². The van der Waals surface area contributed by atoms with Gasteiger partial charge in [0.05, 0.1) is 17.5 Å². The number of amides is 1. The highest BCUT2D eigenvalue weighted by atomic mass is 19.1. The van der Waals surface area contributed by atoms with Crippen LogP contribution in [0.25, 0.3) is 22.3 Å². The van der Waals surface area contributed by atoms with Gasteiger partial charge in [-0.2, -0.15) is 5.10 Å². The highest BCUT2D eigenvalue weighted by molar-refractivity contribution is 6.00. The van der Waals surface area contributed by atoms with Gasteiger partial charge in [-0.15, -0.1) is 0 Å². The van der Waals surface area contributed by atoms with Crippen LogP contribution in [0.4, 0.5) is 10.2 Å². The summed E-state index contributed by atoms with van der Waals surface area (Å²) in [5, 5.41) is 15.3. The first-order chi connectivity index (χ1) is 18.2. The number of phenolic OH excluding ortho intramolecular Hbond substituents is 1. The first-order valence-electron chi connectivity index (χ1n) is 12.7. The number of benzene rings is 2. The number of carbonyl (C=O) groups is 1. The average Bonchev–Trinajstić information content (AvgIpc) is 3.23. The van der Waals surface area contributed by atoms with Gasteiger partial charge in [0.25, 0.3) is 5.91 Å². The number of aromatic nitrogens is 4. The minimum Gasteiger partial charge on any atom is -0.508 e. The van der Waals surface area contributed by atoms with E-state index in [2.05, 4.69) is 16.9 Å². The number of fused-ring (bicyclic) bond motifs is 2. The molecule has 4 heterocycles. The molecule has 6 rings (SSSR count). The summed E-state index contributed by atoms with van der Waals surface area (Å²) in [6.45, 7) is 5.59. The van der Waals surface area contributed by atoms with E-state index in [1.54, 1.807) is 4.68 Å². The minimum atomic E-state index is -0.639. The molecule has 2 aromatic carbocycles. The zero-order chi connectivity index (χ0) is 26.6. The molecule has 2 aromatic heterocycles. The van der Waals surface area contributed by atoms with E-state index in [1.165, 1.54) is 18.5 Å². The third kappa shape index (κ3) is 3.96. The number of nitrogens with two attached hydrogens (primary N) is 1. The van der Waals surface area contributed by atoms with Crippen molar-refractivity contribution in [1.82, 2.24) is 24.6 Å². The number of halogens is 1. The van der Waals surface area contributed by atoms with Gasteiger partial charge in [-0.25, -0.2) is 19.0 Å². The van der Waals surface area contributed by atoms with Crippen LogP contribution >= 0.6 is 0 Å². The molecule has 0 aliphatic carbocycles. The third-order valence-corrected chi connectivity index (χ3v) is 7.71. The van der Waals surface area contributed by atoms with Gasteiger partial charge in [0, 0.05) is 36.4 Å². The van der Waals surface area contributed by atoms with Gasteiger partial charge in [0.1, 0.15) is 29.4 Å². The predicted molar refractivity (Wildman–Crippen MR) is 140 cm³/mol. The Hall–Kier alpha value is -4.05. The molecule has 9 nitrogen and oxygen atoms in total. The van der Waals surface area contributed by atoms with Crippen LogP contribution in [0.5, 0.6) is 5.75 Å². The molecular weight excluding hydrogens is 487 g/mol. The Morgan fingerprint density at radius 1 is 1.21 bits per heavy atom. The largest absolute Gasteiger partial charge is 0.508 e. The molecule has 0 saturated carbocycles. The van der Waals surface area contributed by atoms with E-state index in [9.17, 15) is 14.3 Å². The summed E-state index contributed by atoms with van der Waals surface area (Å²) in [4.78, 5) is 24.7. The van der Waals surface area contributed by atoms with E-state index in [-0.39, 0.29) is 23.5 Å². The zero-order valence-electron chi connectivity index (χ0n) is 21.3. The molecule has 1 saturated heterocycles. The molecule has 1 unspecified atom stereocenters. The zero-order valence-corrected chi connectivity index (χ0v) is 21.3. The fourth-order valence-electron chi connectivity index (χ4n) is 6.10. The molecule has 0 spiro atoms. The SMILES string of the molecule is Cc1cccc2c1C(=O)N(C1CCOCC1)C(C)(Cn1nc(-c3cc(O)cc(F)c3)c3c(N)ncnc31)C2. The van der Waals surface area contributed by atoms with Gasteiger partial charge < -0.3 is 20.5 Å². The second-order valence-electron chi connectivity index (χ2n) is 10.5. The lowest BCUT2D eigenvalue weighted by Gasteiger charge is -2.50.